The van der Waals surface area contributed by atoms with Crippen LogP contribution in [0.5, 0.6) is 5.75 Å². The predicted octanol–water partition coefficient (Wildman–Crippen LogP) is 3.56. The van der Waals surface area contributed by atoms with Crippen molar-refractivity contribution in [3.8, 4) is 16.9 Å². The first-order valence-corrected chi connectivity index (χ1v) is 11.2. The Balaban J connectivity index is 1.58. The number of ether oxygens (including phenoxy) is 2. The van der Waals surface area contributed by atoms with Gasteiger partial charge in [-0.2, -0.15) is 0 Å². The van der Waals surface area contributed by atoms with Crippen molar-refractivity contribution in [2.24, 2.45) is 0 Å². The number of esters is 1. The average Bonchev–Trinajstić information content (AvgIpc) is 2.89. The van der Waals surface area contributed by atoms with Gasteiger partial charge in [-0.3, -0.25) is 0 Å². The van der Waals surface area contributed by atoms with E-state index in [0.717, 1.165) is 16.7 Å². The Labute approximate surface area is 177 Å². The van der Waals surface area contributed by atoms with E-state index in [1.165, 1.54) is 0 Å². The molecule has 30 heavy (non-hydrogen) atoms. The van der Waals surface area contributed by atoms with Crippen LogP contribution in [0.2, 0.25) is 0 Å². The van der Waals surface area contributed by atoms with Crippen molar-refractivity contribution in [1.82, 2.24) is 4.72 Å². The Morgan fingerprint density at radius 3 is 2.40 bits per heavy atom. The molecule has 0 saturated heterocycles. The van der Waals surface area contributed by atoms with Crippen LogP contribution >= 0.6 is 0 Å². The molecule has 158 valence electrons. The molecule has 2 aliphatic rings. The van der Waals surface area contributed by atoms with Crippen LogP contribution in [0.3, 0.4) is 0 Å². The van der Waals surface area contributed by atoms with Crippen LogP contribution in [0.15, 0.2) is 65.6 Å². The van der Waals surface area contributed by atoms with Gasteiger partial charge >= 0.3 is 5.97 Å². The number of hydrogen-bond acceptors (Lipinski definition) is 5. The smallest absolute Gasteiger partial charge is 0.344 e. The molecule has 2 aliphatic carbocycles. The normalized spacial score (nSPS) is 11.4. The summed E-state index contributed by atoms with van der Waals surface area (Å²) in [6, 6.07) is 18.3. The van der Waals surface area contributed by atoms with E-state index in [1.807, 2.05) is 49.4 Å². The van der Waals surface area contributed by atoms with Gasteiger partial charge in [0.25, 0.3) is 0 Å². The quantitative estimate of drug-likeness (QED) is 0.528. The number of benzene rings is 1. The molecule has 0 amide bonds. The minimum absolute atomic E-state index is 0.141. The molecule has 1 aromatic rings. The summed E-state index contributed by atoms with van der Waals surface area (Å²) in [5, 5.41) is 0. The van der Waals surface area contributed by atoms with Crippen molar-refractivity contribution in [1.29, 1.82) is 0 Å². The van der Waals surface area contributed by atoms with Gasteiger partial charge in [0.1, 0.15) is 5.75 Å². The molecule has 0 bridgehead atoms. The summed E-state index contributed by atoms with van der Waals surface area (Å²) >= 11 is 0. The van der Waals surface area contributed by atoms with E-state index in [1.54, 1.807) is 25.1 Å². The summed E-state index contributed by atoms with van der Waals surface area (Å²) in [6.45, 7) is 4.10. The number of nitrogens with one attached hydrogen (secondary N) is 1. The molecule has 0 atom stereocenters. The molecule has 0 aliphatic heterocycles. The molecule has 0 fully saturated rings. The lowest BCUT2D eigenvalue weighted by atomic mass is 10.1. The lowest BCUT2D eigenvalue weighted by Crippen LogP contribution is -2.26. The van der Waals surface area contributed by atoms with Crippen LogP contribution in [0.1, 0.15) is 18.1 Å². The highest BCUT2D eigenvalue weighted by molar-refractivity contribution is 7.89. The fraction of sp³-hybridized carbons (Fsp3) is 0.261. The average molecular weight is 428 g/mol. The molecule has 1 aromatic carbocycles. The molecule has 0 radical (unpaired) electrons. The number of sulfonamides is 1. The maximum absolute atomic E-state index is 12.8. The number of rotatable bonds is 9. The minimum atomic E-state index is -3.62. The Hall–Kier alpha value is -2.90. The third-order valence-corrected chi connectivity index (χ3v) is 6.16. The summed E-state index contributed by atoms with van der Waals surface area (Å²) in [6.07, 6.45) is 0.531. The highest BCUT2D eigenvalue weighted by Crippen LogP contribution is 2.34. The maximum atomic E-state index is 12.8. The van der Waals surface area contributed by atoms with Gasteiger partial charge in [0, 0.05) is 12.1 Å². The summed E-state index contributed by atoms with van der Waals surface area (Å²) in [7, 11) is -3.62. The Morgan fingerprint density at radius 1 is 1.00 bits per heavy atom. The maximum Gasteiger partial charge on any atom is 0.344 e. The van der Waals surface area contributed by atoms with E-state index in [2.05, 4.69) is 4.72 Å². The second-order valence-corrected chi connectivity index (χ2v) is 8.55. The van der Waals surface area contributed by atoms with Gasteiger partial charge in [0.2, 0.25) is 10.0 Å². The van der Waals surface area contributed by atoms with Crippen molar-refractivity contribution in [2.75, 3.05) is 19.8 Å². The zero-order valence-electron chi connectivity index (χ0n) is 17.1. The molecule has 0 unspecified atom stereocenters. The van der Waals surface area contributed by atoms with Gasteiger partial charge in [0.05, 0.1) is 11.5 Å². The van der Waals surface area contributed by atoms with Crippen molar-refractivity contribution < 1.29 is 22.7 Å². The van der Waals surface area contributed by atoms with Crippen molar-refractivity contribution in [2.45, 2.75) is 25.2 Å². The molecule has 0 spiro atoms. The molecule has 7 heteroatoms. The van der Waals surface area contributed by atoms with Crippen LogP contribution in [0, 0.1) is 6.92 Å². The first-order valence-electron chi connectivity index (χ1n) is 9.76. The van der Waals surface area contributed by atoms with Gasteiger partial charge in [-0.1, -0.05) is 42.5 Å². The standard InChI is InChI=1S/C23H25NO5S/c1-3-28-23(25)16-29-19-11-9-18(10-12-19)13-14-24-30(26,27)22-15-17(2)20-7-5-4-6-8-21(20)22/h4-12,15,24H,3,13-14,16H2,1-2H3. The van der Waals surface area contributed by atoms with E-state index >= 15 is 0 Å². The number of hydrogen-bond donors (Lipinski definition) is 1. The number of carbonyl (C=O) groups excluding carboxylic acids is 1. The highest BCUT2D eigenvalue weighted by Gasteiger charge is 2.22. The lowest BCUT2D eigenvalue weighted by molar-refractivity contribution is -0.145. The van der Waals surface area contributed by atoms with E-state index in [4.69, 9.17) is 9.47 Å². The van der Waals surface area contributed by atoms with Crippen LogP contribution in [0.25, 0.3) is 11.1 Å². The third kappa shape index (κ3) is 5.37. The zero-order valence-corrected chi connectivity index (χ0v) is 17.9. The fourth-order valence-corrected chi connectivity index (χ4v) is 4.51. The molecule has 3 rings (SSSR count). The first kappa shape index (κ1) is 21.8. The van der Waals surface area contributed by atoms with Gasteiger partial charge in [0.15, 0.2) is 6.61 Å². The van der Waals surface area contributed by atoms with Crippen LogP contribution in [0.4, 0.5) is 0 Å². The van der Waals surface area contributed by atoms with Gasteiger partial charge in [-0.05, 0) is 55.2 Å². The first-order chi connectivity index (χ1) is 14.4. The molecule has 0 saturated carbocycles. The molecule has 0 heterocycles. The van der Waals surface area contributed by atoms with E-state index in [9.17, 15) is 13.2 Å². The largest absolute Gasteiger partial charge is 0.482 e. The summed E-state index contributed by atoms with van der Waals surface area (Å²) in [5.41, 5.74) is 3.53. The van der Waals surface area contributed by atoms with Crippen LogP contribution in [-0.4, -0.2) is 34.1 Å². The summed E-state index contributed by atoms with van der Waals surface area (Å²) < 4.78 is 38.5. The van der Waals surface area contributed by atoms with Crippen molar-refractivity contribution >= 4 is 16.0 Å². The molecular weight excluding hydrogens is 402 g/mol. The Bertz CT molecular complexity index is 1080. The van der Waals surface area contributed by atoms with Gasteiger partial charge < -0.3 is 9.47 Å². The number of fused-ring (bicyclic) bond motifs is 1. The second kappa shape index (κ2) is 9.73. The molecule has 6 nitrogen and oxygen atoms in total. The Morgan fingerprint density at radius 2 is 1.70 bits per heavy atom. The lowest BCUT2D eigenvalue weighted by Gasteiger charge is -2.09. The zero-order chi connectivity index (χ0) is 21.6. The number of carbonyl (C=O) groups is 1. The van der Waals surface area contributed by atoms with Crippen LogP contribution < -0.4 is 9.46 Å². The van der Waals surface area contributed by atoms with Crippen molar-refractivity contribution in [3.63, 3.8) is 0 Å². The van der Waals surface area contributed by atoms with E-state index in [-0.39, 0.29) is 13.2 Å². The monoisotopic (exact) mass is 427 g/mol. The van der Waals surface area contributed by atoms with Crippen LogP contribution in [-0.2, 0) is 26.0 Å². The third-order valence-electron chi connectivity index (χ3n) is 4.66. The highest BCUT2D eigenvalue weighted by atomic mass is 32.2. The molecule has 0 aromatic heterocycles. The fourth-order valence-electron chi connectivity index (χ4n) is 3.19. The molecule has 1 N–H and O–H groups in total. The van der Waals surface area contributed by atoms with Gasteiger partial charge in [-0.25, -0.2) is 17.9 Å². The van der Waals surface area contributed by atoms with Gasteiger partial charge in [-0.15, -0.1) is 0 Å². The van der Waals surface area contributed by atoms with E-state index < -0.39 is 16.0 Å². The minimum Gasteiger partial charge on any atom is -0.482 e. The number of aryl methyl sites for hydroxylation is 1. The second-order valence-electron chi connectivity index (χ2n) is 6.82. The topological polar surface area (TPSA) is 81.7 Å². The van der Waals surface area contributed by atoms with E-state index in [0.29, 0.717) is 29.2 Å². The summed E-state index contributed by atoms with van der Waals surface area (Å²) in [5.74, 6) is 0.138. The van der Waals surface area contributed by atoms with Crippen molar-refractivity contribution in [3.05, 3.63) is 71.8 Å². The SMILES string of the molecule is CCOC(=O)COc1ccc(CCNS(=O)(=O)c2cc(C)c3cccccc2-3)cc1. The Kier molecular flexibility index (Phi) is 7.07. The molecular formula is C23H25NO5S. The summed E-state index contributed by atoms with van der Waals surface area (Å²) in [4.78, 5) is 11.6. The predicted molar refractivity (Wildman–Crippen MR) is 115 cm³/mol.